The average molecular weight is 274 g/mol. The summed E-state index contributed by atoms with van der Waals surface area (Å²) >= 11 is 0. The van der Waals surface area contributed by atoms with Gasteiger partial charge in [-0.25, -0.2) is 17.5 Å². The molecular weight excluding hydrogens is 256 g/mol. The van der Waals surface area contributed by atoms with Gasteiger partial charge >= 0.3 is 5.97 Å². The zero-order valence-electron chi connectivity index (χ0n) is 10.8. The molecule has 1 aromatic rings. The normalized spacial score (nSPS) is 12.0. The molecule has 0 aliphatic carbocycles. The minimum absolute atomic E-state index is 0.0148. The highest BCUT2D eigenvalue weighted by molar-refractivity contribution is 7.89. The molecule has 0 aromatic carbocycles. The predicted molar refractivity (Wildman–Crippen MR) is 67.1 cm³/mol. The smallest absolute Gasteiger partial charge is 0.352 e. The van der Waals surface area contributed by atoms with Crippen LogP contribution in [0.5, 0.6) is 0 Å². The second-order valence-corrected chi connectivity index (χ2v) is 6.20. The van der Waals surface area contributed by atoms with Gasteiger partial charge in [-0.1, -0.05) is 13.3 Å². The van der Waals surface area contributed by atoms with Crippen LogP contribution < -0.4 is 0 Å². The molecule has 0 atom stereocenters. The summed E-state index contributed by atoms with van der Waals surface area (Å²) in [6.45, 7) is 2.40. The Hall–Kier alpha value is -1.34. The number of aromatic carboxylic acids is 1. The summed E-state index contributed by atoms with van der Waals surface area (Å²) in [5.74, 6) is -1.14. The van der Waals surface area contributed by atoms with Gasteiger partial charge in [-0.05, 0) is 12.5 Å². The Labute approximate surface area is 107 Å². The number of hydrogen-bond acceptors (Lipinski definition) is 3. The van der Waals surface area contributed by atoms with Gasteiger partial charge in [-0.15, -0.1) is 0 Å². The van der Waals surface area contributed by atoms with Crippen LogP contribution in [0.15, 0.2) is 17.2 Å². The largest absolute Gasteiger partial charge is 0.477 e. The molecule has 0 aliphatic rings. The molecule has 1 N–H and O–H groups in total. The Morgan fingerprint density at radius 1 is 1.50 bits per heavy atom. The van der Waals surface area contributed by atoms with Crippen LogP contribution in [0.1, 0.15) is 30.3 Å². The maximum absolute atomic E-state index is 12.1. The van der Waals surface area contributed by atoms with Crippen LogP contribution in [-0.4, -0.2) is 42.0 Å². The number of rotatable bonds is 6. The summed E-state index contributed by atoms with van der Waals surface area (Å²) < 4.78 is 26.8. The Kier molecular flexibility index (Phi) is 4.53. The molecule has 0 amide bonds. The van der Waals surface area contributed by atoms with Crippen molar-refractivity contribution in [3.63, 3.8) is 0 Å². The first-order valence-electron chi connectivity index (χ1n) is 5.66. The van der Waals surface area contributed by atoms with Crippen molar-refractivity contribution in [2.45, 2.75) is 24.7 Å². The lowest BCUT2D eigenvalue weighted by molar-refractivity contribution is 0.0686. The zero-order valence-corrected chi connectivity index (χ0v) is 11.6. The van der Waals surface area contributed by atoms with Crippen molar-refractivity contribution < 1.29 is 18.3 Å². The fourth-order valence-corrected chi connectivity index (χ4v) is 2.85. The van der Waals surface area contributed by atoms with E-state index in [9.17, 15) is 13.2 Å². The Bertz CT molecular complexity index is 533. The molecule has 102 valence electrons. The van der Waals surface area contributed by atoms with Gasteiger partial charge in [0.2, 0.25) is 10.0 Å². The van der Waals surface area contributed by atoms with E-state index in [2.05, 4.69) is 0 Å². The van der Waals surface area contributed by atoms with E-state index in [0.29, 0.717) is 6.54 Å². The Balaban J connectivity index is 3.05. The van der Waals surface area contributed by atoms with Crippen molar-refractivity contribution in [1.29, 1.82) is 0 Å². The average Bonchev–Trinajstić information content (AvgIpc) is 2.68. The van der Waals surface area contributed by atoms with Crippen molar-refractivity contribution in [3.05, 3.63) is 18.0 Å². The number of hydrogen-bond donors (Lipinski definition) is 1. The lowest BCUT2D eigenvalue weighted by atomic mass is 10.3. The molecule has 0 bridgehead atoms. The van der Waals surface area contributed by atoms with E-state index in [1.165, 1.54) is 35.2 Å². The first-order valence-corrected chi connectivity index (χ1v) is 7.10. The molecule has 0 saturated heterocycles. The van der Waals surface area contributed by atoms with Crippen molar-refractivity contribution in [2.24, 2.45) is 7.05 Å². The minimum atomic E-state index is -3.60. The van der Waals surface area contributed by atoms with Crippen LogP contribution in [0.4, 0.5) is 0 Å². The molecule has 0 radical (unpaired) electrons. The molecular formula is C11H18N2O4S. The van der Waals surface area contributed by atoms with E-state index >= 15 is 0 Å². The van der Waals surface area contributed by atoms with Crippen molar-refractivity contribution >= 4 is 16.0 Å². The van der Waals surface area contributed by atoms with Gasteiger partial charge < -0.3 is 9.67 Å². The number of carbonyl (C=O) groups is 1. The molecule has 1 aromatic heterocycles. The van der Waals surface area contributed by atoms with Crippen molar-refractivity contribution in [1.82, 2.24) is 8.87 Å². The van der Waals surface area contributed by atoms with E-state index in [4.69, 9.17) is 5.11 Å². The van der Waals surface area contributed by atoms with Gasteiger partial charge in [0.05, 0.1) is 0 Å². The summed E-state index contributed by atoms with van der Waals surface area (Å²) in [6, 6.07) is 1.18. The number of sulfonamides is 1. The summed E-state index contributed by atoms with van der Waals surface area (Å²) in [5.41, 5.74) is -0.0440. The van der Waals surface area contributed by atoms with Crippen LogP contribution >= 0.6 is 0 Å². The molecule has 18 heavy (non-hydrogen) atoms. The molecule has 7 heteroatoms. The van der Waals surface area contributed by atoms with E-state index in [1.807, 2.05) is 6.92 Å². The van der Waals surface area contributed by atoms with E-state index in [-0.39, 0.29) is 10.6 Å². The van der Waals surface area contributed by atoms with Crippen LogP contribution in [0, 0.1) is 0 Å². The van der Waals surface area contributed by atoms with Gasteiger partial charge in [0.25, 0.3) is 0 Å². The Morgan fingerprint density at radius 3 is 2.56 bits per heavy atom. The third-order valence-corrected chi connectivity index (χ3v) is 4.56. The highest BCUT2D eigenvalue weighted by Gasteiger charge is 2.24. The van der Waals surface area contributed by atoms with Gasteiger partial charge in [-0.2, -0.15) is 0 Å². The monoisotopic (exact) mass is 274 g/mol. The number of nitrogens with zero attached hydrogens (tertiary/aromatic N) is 2. The van der Waals surface area contributed by atoms with E-state index < -0.39 is 16.0 Å². The molecule has 0 aliphatic heterocycles. The Morgan fingerprint density at radius 2 is 2.11 bits per heavy atom. The predicted octanol–water partition coefficient (Wildman–Crippen LogP) is 1.14. The summed E-state index contributed by atoms with van der Waals surface area (Å²) in [5, 5.41) is 8.90. The first-order chi connectivity index (χ1) is 8.30. The van der Waals surface area contributed by atoms with Gasteiger partial charge in [-0.3, -0.25) is 0 Å². The number of carboxylic acids is 1. The van der Waals surface area contributed by atoms with Crippen LogP contribution in [0.2, 0.25) is 0 Å². The third kappa shape index (κ3) is 2.91. The maximum Gasteiger partial charge on any atom is 0.352 e. The lowest BCUT2D eigenvalue weighted by Gasteiger charge is -2.15. The standard InChI is InChI=1S/C11H18N2O4S/c1-4-5-6-13(3)18(16,17)9-7-10(11(14)15)12(2)8-9/h7-8H,4-6H2,1-3H3,(H,14,15). The van der Waals surface area contributed by atoms with Gasteiger partial charge in [0.15, 0.2) is 0 Å². The lowest BCUT2D eigenvalue weighted by Crippen LogP contribution is -2.27. The van der Waals surface area contributed by atoms with Gasteiger partial charge in [0.1, 0.15) is 10.6 Å². The second kappa shape index (κ2) is 5.53. The van der Waals surface area contributed by atoms with Crippen molar-refractivity contribution in [2.75, 3.05) is 13.6 Å². The summed E-state index contributed by atoms with van der Waals surface area (Å²) in [4.78, 5) is 10.9. The molecule has 0 saturated carbocycles. The van der Waals surface area contributed by atoms with E-state index in [1.54, 1.807) is 0 Å². The maximum atomic E-state index is 12.1. The third-order valence-electron chi connectivity index (χ3n) is 2.73. The topological polar surface area (TPSA) is 79.6 Å². The molecule has 1 rings (SSSR count). The second-order valence-electron chi connectivity index (χ2n) is 4.16. The molecule has 0 unspecified atom stereocenters. The van der Waals surface area contributed by atoms with Crippen LogP contribution in [-0.2, 0) is 17.1 Å². The van der Waals surface area contributed by atoms with Gasteiger partial charge in [0, 0.05) is 26.8 Å². The van der Waals surface area contributed by atoms with E-state index in [0.717, 1.165) is 12.8 Å². The number of unbranched alkanes of at least 4 members (excludes halogenated alkanes) is 1. The highest BCUT2D eigenvalue weighted by Crippen LogP contribution is 2.17. The minimum Gasteiger partial charge on any atom is -0.477 e. The summed E-state index contributed by atoms with van der Waals surface area (Å²) in [7, 11) is -0.590. The fourth-order valence-electron chi connectivity index (χ4n) is 1.57. The molecule has 0 spiro atoms. The molecule has 6 nitrogen and oxygen atoms in total. The summed E-state index contributed by atoms with van der Waals surface area (Å²) in [6.07, 6.45) is 2.99. The highest BCUT2D eigenvalue weighted by atomic mass is 32.2. The molecule has 0 fully saturated rings. The quantitative estimate of drug-likeness (QED) is 0.843. The zero-order chi connectivity index (χ0) is 13.9. The fraction of sp³-hybridized carbons (Fsp3) is 0.545. The number of aryl methyl sites for hydroxylation is 1. The SMILES string of the molecule is CCCCN(C)S(=O)(=O)c1cc(C(=O)O)n(C)c1. The van der Waals surface area contributed by atoms with Crippen molar-refractivity contribution in [3.8, 4) is 0 Å². The first kappa shape index (κ1) is 14.7. The van der Waals surface area contributed by atoms with Crippen LogP contribution in [0.3, 0.4) is 0 Å². The van der Waals surface area contributed by atoms with Crippen LogP contribution in [0.25, 0.3) is 0 Å². The number of carboxylic acid groups (broad SMARTS) is 1. The number of aromatic nitrogens is 1. The molecule has 1 heterocycles.